The summed E-state index contributed by atoms with van der Waals surface area (Å²) in [6.07, 6.45) is 5.40. The van der Waals surface area contributed by atoms with Gasteiger partial charge in [-0.1, -0.05) is 6.07 Å². The number of sulfonamides is 1. The van der Waals surface area contributed by atoms with Gasteiger partial charge < -0.3 is 9.47 Å². The Balaban J connectivity index is 1.48. The number of anilines is 1. The molecule has 0 spiro atoms. The van der Waals surface area contributed by atoms with Crippen molar-refractivity contribution in [3.8, 4) is 5.82 Å². The molecule has 0 N–H and O–H groups in total. The van der Waals surface area contributed by atoms with E-state index >= 15 is 0 Å². The first-order valence-corrected chi connectivity index (χ1v) is 10.2. The predicted octanol–water partition coefficient (Wildman–Crippen LogP) is 1.84. The number of piperazine rings is 1. The van der Waals surface area contributed by atoms with Crippen LogP contribution in [0.2, 0.25) is 0 Å². The third-order valence-electron chi connectivity index (χ3n) is 4.16. The first-order valence-electron chi connectivity index (χ1n) is 7.88. The monoisotopic (exact) mass is 375 g/mol. The molecule has 0 radical (unpaired) electrons. The fourth-order valence-corrected chi connectivity index (χ4v) is 5.40. The van der Waals surface area contributed by atoms with Crippen LogP contribution in [0.5, 0.6) is 0 Å². The molecule has 4 rings (SSSR count). The minimum atomic E-state index is -3.38. The van der Waals surface area contributed by atoms with Gasteiger partial charge in [0, 0.05) is 44.6 Å². The minimum Gasteiger partial charge on any atom is -0.354 e. The number of nitrogens with zero attached hydrogens (tertiary/aromatic N) is 5. The summed E-state index contributed by atoms with van der Waals surface area (Å²) in [5.74, 6) is 1.61. The average molecular weight is 375 g/mol. The van der Waals surface area contributed by atoms with Crippen molar-refractivity contribution in [2.24, 2.45) is 0 Å². The van der Waals surface area contributed by atoms with Crippen LogP contribution in [0.25, 0.3) is 5.82 Å². The van der Waals surface area contributed by atoms with Crippen molar-refractivity contribution in [3.05, 3.63) is 54.4 Å². The fraction of sp³-hybridized carbons (Fsp3) is 0.250. The average Bonchev–Trinajstić information content (AvgIpc) is 3.36. The van der Waals surface area contributed by atoms with Crippen LogP contribution >= 0.6 is 11.3 Å². The molecule has 7 nitrogen and oxygen atoms in total. The van der Waals surface area contributed by atoms with Crippen LogP contribution in [0.1, 0.15) is 0 Å². The van der Waals surface area contributed by atoms with Gasteiger partial charge in [0.25, 0.3) is 10.0 Å². The van der Waals surface area contributed by atoms with Crippen molar-refractivity contribution < 1.29 is 8.42 Å². The van der Waals surface area contributed by atoms with Crippen LogP contribution in [0, 0.1) is 0 Å². The maximum absolute atomic E-state index is 12.6. The Kier molecular flexibility index (Phi) is 4.28. The second-order valence-electron chi connectivity index (χ2n) is 5.65. The molecule has 0 saturated carbocycles. The molecule has 1 aliphatic rings. The van der Waals surface area contributed by atoms with E-state index in [1.165, 1.54) is 11.3 Å². The highest BCUT2D eigenvalue weighted by atomic mass is 32.2. The molecule has 1 aliphatic heterocycles. The number of thiophene rings is 1. The lowest BCUT2D eigenvalue weighted by molar-refractivity contribution is 0.384. The number of hydrogen-bond acceptors (Lipinski definition) is 6. The molecule has 3 aromatic rings. The second-order valence-corrected chi connectivity index (χ2v) is 8.76. The Morgan fingerprint density at radius 3 is 2.36 bits per heavy atom. The molecule has 9 heteroatoms. The standard InChI is InChI=1S/C16H17N5O2S2/c22-25(23,16-4-3-11-24-16)21-9-7-20(8-10-21)15-12-14(17-13-18-15)19-5-1-2-6-19/h1-6,11-13H,7-10H2. The summed E-state index contributed by atoms with van der Waals surface area (Å²) in [6, 6.07) is 9.22. The Hall–Kier alpha value is -2.23. The van der Waals surface area contributed by atoms with Crippen LogP contribution in [0.3, 0.4) is 0 Å². The van der Waals surface area contributed by atoms with Gasteiger partial charge in [0.15, 0.2) is 0 Å². The molecule has 1 saturated heterocycles. The fourth-order valence-electron chi connectivity index (χ4n) is 2.83. The van der Waals surface area contributed by atoms with Gasteiger partial charge in [-0.05, 0) is 23.6 Å². The van der Waals surface area contributed by atoms with E-state index in [0.717, 1.165) is 11.6 Å². The quantitative estimate of drug-likeness (QED) is 0.696. The summed E-state index contributed by atoms with van der Waals surface area (Å²) in [5, 5.41) is 1.78. The van der Waals surface area contributed by atoms with E-state index in [0.29, 0.717) is 30.4 Å². The lowest BCUT2D eigenvalue weighted by Gasteiger charge is -2.34. The van der Waals surface area contributed by atoms with Crippen molar-refractivity contribution in [1.29, 1.82) is 0 Å². The molecule has 0 amide bonds. The van der Waals surface area contributed by atoms with Gasteiger partial charge in [-0.15, -0.1) is 11.3 Å². The van der Waals surface area contributed by atoms with E-state index < -0.39 is 10.0 Å². The molecule has 3 aromatic heterocycles. The first-order chi connectivity index (χ1) is 12.1. The van der Waals surface area contributed by atoms with E-state index in [-0.39, 0.29) is 0 Å². The highest BCUT2D eigenvalue weighted by Gasteiger charge is 2.29. The normalized spacial score (nSPS) is 16.2. The van der Waals surface area contributed by atoms with E-state index in [9.17, 15) is 8.42 Å². The van der Waals surface area contributed by atoms with Crippen molar-refractivity contribution >= 4 is 27.2 Å². The third-order valence-corrected chi connectivity index (χ3v) is 7.43. The van der Waals surface area contributed by atoms with E-state index in [1.54, 1.807) is 28.1 Å². The molecule has 0 atom stereocenters. The van der Waals surface area contributed by atoms with Crippen molar-refractivity contribution in [3.63, 3.8) is 0 Å². The largest absolute Gasteiger partial charge is 0.354 e. The topological polar surface area (TPSA) is 71.3 Å². The third kappa shape index (κ3) is 3.17. The van der Waals surface area contributed by atoms with Crippen LogP contribution in [0.4, 0.5) is 5.82 Å². The molecule has 1 fully saturated rings. The second kappa shape index (κ2) is 6.58. The van der Waals surface area contributed by atoms with Gasteiger partial charge in [0.2, 0.25) is 0 Å². The van der Waals surface area contributed by atoms with Crippen molar-refractivity contribution in [2.75, 3.05) is 31.1 Å². The molecule has 0 unspecified atom stereocenters. The van der Waals surface area contributed by atoms with E-state index in [4.69, 9.17) is 0 Å². The Morgan fingerprint density at radius 2 is 1.68 bits per heavy atom. The van der Waals surface area contributed by atoms with Crippen LogP contribution in [-0.4, -0.2) is 53.4 Å². The number of aromatic nitrogens is 3. The number of hydrogen-bond donors (Lipinski definition) is 0. The SMILES string of the molecule is O=S(=O)(c1cccs1)N1CCN(c2cc(-n3cccc3)ncn2)CC1. The predicted molar refractivity (Wildman–Crippen MR) is 96.6 cm³/mol. The van der Waals surface area contributed by atoms with E-state index in [2.05, 4.69) is 14.9 Å². The summed E-state index contributed by atoms with van der Waals surface area (Å²) < 4.78 is 29.0. The minimum absolute atomic E-state index is 0.401. The lowest BCUT2D eigenvalue weighted by Crippen LogP contribution is -2.48. The van der Waals surface area contributed by atoms with Gasteiger partial charge in [0.1, 0.15) is 22.2 Å². The Bertz CT molecular complexity index is 931. The molecular formula is C16H17N5O2S2. The van der Waals surface area contributed by atoms with Crippen molar-refractivity contribution in [1.82, 2.24) is 18.8 Å². The Labute approximate surface area is 150 Å². The molecular weight excluding hydrogens is 358 g/mol. The molecule has 25 heavy (non-hydrogen) atoms. The smallest absolute Gasteiger partial charge is 0.252 e. The first kappa shape index (κ1) is 16.2. The maximum Gasteiger partial charge on any atom is 0.252 e. The molecule has 0 aliphatic carbocycles. The summed E-state index contributed by atoms with van der Waals surface area (Å²) in [4.78, 5) is 10.7. The molecule has 0 bridgehead atoms. The van der Waals surface area contributed by atoms with Crippen LogP contribution < -0.4 is 4.90 Å². The van der Waals surface area contributed by atoms with Gasteiger partial charge in [-0.2, -0.15) is 4.31 Å². The molecule has 130 valence electrons. The van der Waals surface area contributed by atoms with Crippen molar-refractivity contribution in [2.45, 2.75) is 4.21 Å². The van der Waals surface area contributed by atoms with Gasteiger partial charge in [-0.3, -0.25) is 0 Å². The summed E-state index contributed by atoms with van der Waals surface area (Å²) in [5.41, 5.74) is 0. The van der Waals surface area contributed by atoms with Crippen LogP contribution in [0.15, 0.2) is 58.6 Å². The maximum atomic E-state index is 12.6. The van der Waals surface area contributed by atoms with Gasteiger partial charge in [0.05, 0.1) is 0 Å². The molecule has 4 heterocycles. The Morgan fingerprint density at radius 1 is 0.960 bits per heavy atom. The summed E-state index contributed by atoms with van der Waals surface area (Å²) in [7, 11) is -3.38. The zero-order chi connectivity index (χ0) is 17.3. The highest BCUT2D eigenvalue weighted by Crippen LogP contribution is 2.23. The molecule has 0 aromatic carbocycles. The summed E-state index contributed by atoms with van der Waals surface area (Å²) >= 11 is 1.25. The lowest BCUT2D eigenvalue weighted by atomic mass is 10.3. The zero-order valence-electron chi connectivity index (χ0n) is 13.4. The van der Waals surface area contributed by atoms with Gasteiger partial charge >= 0.3 is 0 Å². The highest BCUT2D eigenvalue weighted by molar-refractivity contribution is 7.91. The van der Waals surface area contributed by atoms with Crippen LogP contribution in [-0.2, 0) is 10.0 Å². The van der Waals surface area contributed by atoms with E-state index in [1.807, 2.05) is 35.2 Å². The number of rotatable bonds is 4. The van der Waals surface area contributed by atoms with Gasteiger partial charge in [-0.25, -0.2) is 18.4 Å². The summed E-state index contributed by atoms with van der Waals surface area (Å²) in [6.45, 7) is 2.10. The zero-order valence-corrected chi connectivity index (χ0v) is 15.0.